The number of nitrogens with zero attached hydrogens (tertiary/aromatic N) is 3. The van der Waals surface area contributed by atoms with Gasteiger partial charge in [0, 0.05) is 5.39 Å². The number of rotatable bonds is 6. The molecule has 0 bridgehead atoms. The van der Waals surface area contributed by atoms with Crippen LogP contribution < -0.4 is 5.73 Å². The molecule has 31 heavy (non-hydrogen) atoms. The molecule has 0 fully saturated rings. The summed E-state index contributed by atoms with van der Waals surface area (Å²) in [6, 6.07) is 26.8. The Labute approximate surface area is 181 Å². The predicted molar refractivity (Wildman–Crippen MR) is 125 cm³/mol. The van der Waals surface area contributed by atoms with Crippen LogP contribution in [0, 0.1) is 6.92 Å². The van der Waals surface area contributed by atoms with Crippen LogP contribution in [0.3, 0.4) is 0 Å². The molecule has 5 rings (SSSR count). The van der Waals surface area contributed by atoms with Crippen molar-refractivity contribution in [2.75, 3.05) is 5.73 Å². The average Bonchev–Trinajstić information content (AvgIpc) is 3.22. The Morgan fingerprint density at radius 1 is 0.968 bits per heavy atom. The average molecular weight is 409 g/mol. The molecule has 5 heteroatoms. The van der Waals surface area contributed by atoms with Gasteiger partial charge >= 0.3 is 0 Å². The molecule has 0 saturated carbocycles. The van der Waals surface area contributed by atoms with Crippen LogP contribution in [0.2, 0.25) is 0 Å². The summed E-state index contributed by atoms with van der Waals surface area (Å²) < 4.78 is 8.57. The maximum Gasteiger partial charge on any atom is 0.152 e. The molecular weight excluding hydrogens is 384 g/mol. The van der Waals surface area contributed by atoms with Gasteiger partial charge < -0.3 is 15.0 Å². The third-order valence-corrected chi connectivity index (χ3v) is 5.55. The highest BCUT2D eigenvalue weighted by Gasteiger charge is 2.18. The van der Waals surface area contributed by atoms with Gasteiger partial charge in [-0.05, 0) is 24.1 Å². The lowest BCUT2D eigenvalue weighted by atomic mass is 10.1. The van der Waals surface area contributed by atoms with Crippen molar-refractivity contribution in [2.24, 2.45) is 0 Å². The summed E-state index contributed by atoms with van der Waals surface area (Å²) in [4.78, 5) is 9.07. The van der Waals surface area contributed by atoms with E-state index in [1.807, 2.05) is 42.7 Å². The quantitative estimate of drug-likeness (QED) is 0.407. The smallest absolute Gasteiger partial charge is 0.152 e. The lowest BCUT2D eigenvalue weighted by Gasteiger charge is -2.20. The number of aromatic nitrogens is 3. The number of ether oxygens (including phenoxy) is 1. The van der Waals surface area contributed by atoms with Crippen LogP contribution in [-0.2, 0) is 17.9 Å². The Kier molecular flexibility index (Phi) is 5.10. The fraction of sp³-hybridized carbons (Fsp3) is 0.154. The molecule has 2 N–H and O–H groups in total. The maximum absolute atomic E-state index is 6.44. The van der Waals surface area contributed by atoms with Crippen LogP contribution in [0.4, 0.5) is 5.82 Å². The van der Waals surface area contributed by atoms with E-state index >= 15 is 0 Å². The Balaban J connectivity index is 1.53. The molecule has 1 atom stereocenters. The van der Waals surface area contributed by atoms with E-state index < -0.39 is 0 Å². The Morgan fingerprint density at radius 3 is 2.61 bits per heavy atom. The minimum absolute atomic E-state index is 0.132. The van der Waals surface area contributed by atoms with E-state index in [0.29, 0.717) is 19.0 Å². The van der Waals surface area contributed by atoms with E-state index in [2.05, 4.69) is 63.9 Å². The summed E-state index contributed by atoms with van der Waals surface area (Å²) in [7, 11) is 0. The first kappa shape index (κ1) is 19.3. The van der Waals surface area contributed by atoms with Crippen LogP contribution in [0.15, 0.2) is 85.2 Å². The first-order valence-electron chi connectivity index (χ1n) is 10.4. The Hall–Kier alpha value is -3.70. The number of benzene rings is 3. The van der Waals surface area contributed by atoms with Gasteiger partial charge in [0.05, 0.1) is 30.5 Å². The second-order valence-electron chi connectivity index (χ2n) is 7.81. The first-order chi connectivity index (χ1) is 15.2. The number of hydrogen-bond donors (Lipinski definition) is 1. The van der Waals surface area contributed by atoms with Gasteiger partial charge in [-0.2, -0.15) is 0 Å². The number of anilines is 1. The predicted octanol–water partition coefficient (Wildman–Crippen LogP) is 5.43. The van der Waals surface area contributed by atoms with Gasteiger partial charge in [0.1, 0.15) is 11.6 Å². The number of imidazole rings is 1. The topological polar surface area (TPSA) is 66.0 Å². The number of fused-ring (bicyclic) bond motifs is 3. The number of pyridine rings is 1. The van der Waals surface area contributed by atoms with Gasteiger partial charge in [-0.1, -0.05) is 78.4 Å². The summed E-state index contributed by atoms with van der Waals surface area (Å²) in [6.45, 7) is 3.26. The number of hydrogen-bond acceptors (Lipinski definition) is 4. The lowest BCUT2D eigenvalue weighted by molar-refractivity contribution is 0.0287. The monoisotopic (exact) mass is 408 g/mol. The lowest BCUT2D eigenvalue weighted by Crippen LogP contribution is -2.13. The molecule has 0 radical (unpaired) electrons. The second kappa shape index (κ2) is 8.20. The zero-order valence-electron chi connectivity index (χ0n) is 17.4. The van der Waals surface area contributed by atoms with E-state index in [9.17, 15) is 0 Å². The molecule has 0 amide bonds. The molecule has 2 heterocycles. The molecule has 5 nitrogen and oxygen atoms in total. The van der Waals surface area contributed by atoms with E-state index in [1.54, 1.807) is 0 Å². The van der Waals surface area contributed by atoms with Crippen molar-refractivity contribution in [1.82, 2.24) is 14.5 Å². The van der Waals surface area contributed by atoms with E-state index in [1.165, 1.54) is 5.56 Å². The number of nitrogen functional groups attached to an aromatic ring is 1. The molecule has 1 unspecified atom stereocenters. The highest BCUT2D eigenvalue weighted by atomic mass is 16.5. The third-order valence-electron chi connectivity index (χ3n) is 5.55. The molecule has 0 saturated heterocycles. The van der Waals surface area contributed by atoms with Gasteiger partial charge in [0.15, 0.2) is 5.82 Å². The largest absolute Gasteiger partial charge is 0.382 e. The molecule has 3 aromatic carbocycles. The zero-order valence-corrected chi connectivity index (χ0v) is 17.4. The molecule has 2 aromatic heterocycles. The SMILES string of the molecule is Cc1cccc(COC(Cn2cnc3c(N)nc4ccccc4c32)c2ccccc2)c1. The molecule has 5 aromatic rings. The van der Waals surface area contributed by atoms with Crippen LogP contribution in [0.25, 0.3) is 21.9 Å². The normalized spacial score (nSPS) is 12.4. The fourth-order valence-electron chi connectivity index (χ4n) is 4.04. The molecule has 0 aliphatic rings. The van der Waals surface area contributed by atoms with E-state index in [4.69, 9.17) is 10.5 Å². The van der Waals surface area contributed by atoms with Gasteiger partial charge in [0.25, 0.3) is 0 Å². The standard InChI is InChI=1S/C26H24N4O/c1-18-8-7-9-19(14-18)16-31-23(20-10-3-2-4-11-20)15-30-17-28-24-25(30)21-12-5-6-13-22(21)29-26(24)27/h2-14,17,23H,15-16H2,1H3,(H2,27,29). The summed E-state index contributed by atoms with van der Waals surface area (Å²) in [6.07, 6.45) is 1.70. The molecule has 0 aliphatic carbocycles. The Bertz CT molecular complexity index is 1340. The first-order valence-corrected chi connectivity index (χ1v) is 10.4. The third kappa shape index (κ3) is 3.88. The van der Waals surface area contributed by atoms with Crippen LogP contribution >= 0.6 is 0 Å². The van der Waals surface area contributed by atoms with Crippen molar-refractivity contribution < 1.29 is 4.74 Å². The highest BCUT2D eigenvalue weighted by molar-refractivity contribution is 6.06. The maximum atomic E-state index is 6.44. The van der Waals surface area contributed by atoms with Crippen molar-refractivity contribution in [1.29, 1.82) is 0 Å². The number of aryl methyl sites for hydroxylation is 1. The second-order valence-corrected chi connectivity index (χ2v) is 7.81. The summed E-state index contributed by atoms with van der Waals surface area (Å²) in [5.41, 5.74) is 12.3. The highest BCUT2D eigenvalue weighted by Crippen LogP contribution is 2.29. The van der Waals surface area contributed by atoms with Gasteiger partial charge in [0.2, 0.25) is 0 Å². The van der Waals surface area contributed by atoms with Gasteiger partial charge in [-0.3, -0.25) is 0 Å². The molecular formula is C26H24N4O. The number of nitrogens with two attached hydrogens (primary N) is 1. The fourth-order valence-corrected chi connectivity index (χ4v) is 4.04. The zero-order chi connectivity index (χ0) is 21.2. The van der Waals surface area contributed by atoms with E-state index in [0.717, 1.165) is 33.1 Å². The summed E-state index contributed by atoms with van der Waals surface area (Å²) in [5, 5.41) is 1.04. The van der Waals surface area contributed by atoms with Crippen molar-refractivity contribution in [3.8, 4) is 0 Å². The Morgan fingerprint density at radius 2 is 1.77 bits per heavy atom. The molecule has 0 spiro atoms. The van der Waals surface area contributed by atoms with Crippen LogP contribution in [0.5, 0.6) is 0 Å². The van der Waals surface area contributed by atoms with Crippen molar-refractivity contribution in [2.45, 2.75) is 26.2 Å². The van der Waals surface area contributed by atoms with Gasteiger partial charge in [-0.15, -0.1) is 0 Å². The number of para-hydroxylation sites is 1. The van der Waals surface area contributed by atoms with E-state index in [-0.39, 0.29) is 6.10 Å². The van der Waals surface area contributed by atoms with Crippen LogP contribution in [-0.4, -0.2) is 14.5 Å². The van der Waals surface area contributed by atoms with Crippen molar-refractivity contribution in [3.63, 3.8) is 0 Å². The minimum Gasteiger partial charge on any atom is -0.382 e. The van der Waals surface area contributed by atoms with Crippen molar-refractivity contribution >= 4 is 27.8 Å². The minimum atomic E-state index is -0.132. The molecule has 0 aliphatic heterocycles. The van der Waals surface area contributed by atoms with Crippen molar-refractivity contribution in [3.05, 3.63) is 102 Å². The van der Waals surface area contributed by atoms with Gasteiger partial charge in [-0.25, -0.2) is 9.97 Å². The summed E-state index contributed by atoms with van der Waals surface area (Å²) in [5.74, 6) is 0.449. The molecule has 154 valence electrons. The summed E-state index contributed by atoms with van der Waals surface area (Å²) >= 11 is 0. The van der Waals surface area contributed by atoms with Crippen LogP contribution in [0.1, 0.15) is 22.8 Å².